The number of anilines is 1. The summed E-state index contributed by atoms with van der Waals surface area (Å²) in [4.78, 5) is 27.1. The topological polar surface area (TPSA) is 46.6 Å². The van der Waals surface area contributed by atoms with E-state index in [1.54, 1.807) is 0 Å². The summed E-state index contributed by atoms with van der Waals surface area (Å²) in [5, 5.41) is 0. The number of fused-ring (bicyclic) bond motifs is 3. The van der Waals surface area contributed by atoms with Crippen LogP contribution in [0.15, 0.2) is 24.3 Å². The molecule has 2 fully saturated rings. The van der Waals surface area contributed by atoms with Crippen LogP contribution < -0.4 is 9.64 Å². The molecule has 1 aromatic rings. The summed E-state index contributed by atoms with van der Waals surface area (Å²) in [5.74, 6) is 1.63. The minimum Gasteiger partial charge on any atom is -0.490 e. The second kappa shape index (κ2) is 5.41. The van der Waals surface area contributed by atoms with Crippen molar-refractivity contribution in [3.8, 4) is 5.75 Å². The number of benzene rings is 1. The largest absolute Gasteiger partial charge is 0.490 e. The average molecular weight is 299 g/mol. The van der Waals surface area contributed by atoms with Gasteiger partial charge in [-0.25, -0.2) is 0 Å². The van der Waals surface area contributed by atoms with Crippen LogP contribution in [-0.2, 0) is 9.59 Å². The van der Waals surface area contributed by atoms with Crippen molar-refractivity contribution in [1.82, 2.24) is 0 Å². The van der Waals surface area contributed by atoms with Gasteiger partial charge in [-0.1, -0.05) is 18.6 Å². The van der Waals surface area contributed by atoms with Gasteiger partial charge >= 0.3 is 0 Å². The van der Waals surface area contributed by atoms with Crippen LogP contribution in [0.3, 0.4) is 0 Å². The fourth-order valence-corrected chi connectivity index (χ4v) is 4.30. The van der Waals surface area contributed by atoms with Crippen molar-refractivity contribution < 1.29 is 14.3 Å². The van der Waals surface area contributed by atoms with Gasteiger partial charge in [0, 0.05) is 17.8 Å². The first-order chi connectivity index (χ1) is 10.7. The SMILES string of the molecule is O=C1C2CCCC1CC(C(=O)N1CCOc3ccccc31)C2. The number of nitrogens with zero attached hydrogens (tertiary/aromatic N) is 1. The number of ether oxygens (including phenoxy) is 1. The van der Waals surface area contributed by atoms with Crippen LogP contribution in [0.2, 0.25) is 0 Å². The molecule has 0 saturated heterocycles. The third-order valence-electron chi connectivity index (χ3n) is 5.39. The number of amides is 1. The lowest BCUT2D eigenvalue weighted by Gasteiger charge is -2.39. The number of carbonyl (C=O) groups excluding carboxylic acids is 2. The molecule has 2 unspecified atom stereocenters. The van der Waals surface area contributed by atoms with E-state index in [0.717, 1.165) is 43.5 Å². The van der Waals surface area contributed by atoms with E-state index in [4.69, 9.17) is 4.74 Å². The zero-order valence-corrected chi connectivity index (χ0v) is 12.7. The van der Waals surface area contributed by atoms with Crippen LogP contribution in [0.25, 0.3) is 0 Å². The molecule has 2 bridgehead atoms. The van der Waals surface area contributed by atoms with E-state index < -0.39 is 0 Å². The van der Waals surface area contributed by atoms with Gasteiger partial charge < -0.3 is 9.64 Å². The fourth-order valence-electron chi connectivity index (χ4n) is 4.30. The van der Waals surface area contributed by atoms with Crippen molar-refractivity contribution >= 4 is 17.4 Å². The maximum Gasteiger partial charge on any atom is 0.230 e. The Bertz CT molecular complexity index is 596. The van der Waals surface area contributed by atoms with Crippen molar-refractivity contribution in [2.24, 2.45) is 17.8 Å². The summed E-state index contributed by atoms with van der Waals surface area (Å²) in [6.07, 6.45) is 4.57. The highest BCUT2D eigenvalue weighted by molar-refractivity contribution is 5.98. The molecule has 1 aliphatic heterocycles. The Kier molecular flexibility index (Phi) is 3.40. The van der Waals surface area contributed by atoms with Gasteiger partial charge in [0.15, 0.2) is 0 Å². The summed E-state index contributed by atoms with van der Waals surface area (Å²) in [6.45, 7) is 1.15. The third-order valence-corrected chi connectivity index (χ3v) is 5.39. The maximum absolute atomic E-state index is 13.0. The molecule has 116 valence electrons. The molecule has 4 rings (SSSR count). The van der Waals surface area contributed by atoms with Gasteiger partial charge in [0.1, 0.15) is 18.1 Å². The second-order valence-electron chi connectivity index (χ2n) is 6.70. The van der Waals surface area contributed by atoms with E-state index in [1.807, 2.05) is 29.2 Å². The number of rotatable bonds is 1. The lowest BCUT2D eigenvalue weighted by atomic mass is 9.67. The van der Waals surface area contributed by atoms with E-state index in [-0.39, 0.29) is 23.7 Å². The Morgan fingerprint density at radius 2 is 1.86 bits per heavy atom. The highest BCUT2D eigenvalue weighted by Gasteiger charge is 2.42. The van der Waals surface area contributed by atoms with E-state index in [9.17, 15) is 9.59 Å². The standard InChI is InChI=1S/C18H21NO3/c20-17-12-4-3-5-13(17)11-14(10-12)18(21)19-8-9-22-16-7-2-1-6-15(16)19/h1-2,6-7,12-14H,3-5,8-11H2. The van der Waals surface area contributed by atoms with Gasteiger partial charge in [-0.05, 0) is 37.8 Å². The first kappa shape index (κ1) is 13.8. The summed E-state index contributed by atoms with van der Waals surface area (Å²) >= 11 is 0. The molecular weight excluding hydrogens is 278 g/mol. The number of hydrogen-bond acceptors (Lipinski definition) is 3. The molecule has 22 heavy (non-hydrogen) atoms. The summed E-state index contributed by atoms with van der Waals surface area (Å²) < 4.78 is 5.63. The maximum atomic E-state index is 13.0. The van der Waals surface area contributed by atoms with Crippen LogP contribution in [0.5, 0.6) is 5.75 Å². The van der Waals surface area contributed by atoms with Crippen LogP contribution in [-0.4, -0.2) is 24.8 Å². The molecule has 1 amide bonds. The second-order valence-corrected chi connectivity index (χ2v) is 6.70. The predicted molar refractivity (Wildman–Crippen MR) is 82.9 cm³/mol. The molecule has 0 spiro atoms. The first-order valence-electron chi connectivity index (χ1n) is 8.31. The van der Waals surface area contributed by atoms with Crippen molar-refractivity contribution in [2.75, 3.05) is 18.1 Å². The highest BCUT2D eigenvalue weighted by atomic mass is 16.5. The summed E-state index contributed by atoms with van der Waals surface area (Å²) in [7, 11) is 0. The first-order valence-corrected chi connectivity index (χ1v) is 8.31. The summed E-state index contributed by atoms with van der Waals surface area (Å²) in [6, 6.07) is 7.72. The molecule has 2 atom stereocenters. The minimum absolute atomic E-state index is 0.000781. The Balaban J connectivity index is 1.57. The quantitative estimate of drug-likeness (QED) is 0.801. The molecule has 4 heteroatoms. The average Bonchev–Trinajstić information content (AvgIpc) is 2.53. The Labute approximate surface area is 130 Å². The molecule has 1 heterocycles. The van der Waals surface area contributed by atoms with E-state index in [1.165, 1.54) is 0 Å². The zero-order valence-electron chi connectivity index (χ0n) is 12.7. The van der Waals surface area contributed by atoms with Crippen molar-refractivity contribution in [1.29, 1.82) is 0 Å². The lowest BCUT2D eigenvalue weighted by Crippen LogP contribution is -2.46. The zero-order chi connectivity index (χ0) is 15.1. The number of ketones is 1. The molecule has 0 N–H and O–H groups in total. The molecule has 2 aliphatic carbocycles. The number of hydrogen-bond donors (Lipinski definition) is 0. The Morgan fingerprint density at radius 1 is 1.14 bits per heavy atom. The van der Waals surface area contributed by atoms with Crippen LogP contribution >= 0.6 is 0 Å². The number of carbonyl (C=O) groups is 2. The minimum atomic E-state index is -0.000781. The van der Waals surface area contributed by atoms with Gasteiger partial charge in [0.25, 0.3) is 0 Å². The Morgan fingerprint density at radius 3 is 2.64 bits per heavy atom. The van der Waals surface area contributed by atoms with E-state index in [2.05, 4.69) is 0 Å². The predicted octanol–water partition coefficient (Wildman–Crippen LogP) is 2.81. The lowest BCUT2D eigenvalue weighted by molar-refractivity contribution is -0.136. The number of Topliss-reactive ketones (excluding diaryl/α,β-unsaturated/α-hetero) is 1. The highest BCUT2D eigenvalue weighted by Crippen LogP contribution is 2.42. The normalized spacial score (nSPS) is 30.5. The van der Waals surface area contributed by atoms with Crippen LogP contribution in [0.4, 0.5) is 5.69 Å². The van der Waals surface area contributed by atoms with Gasteiger partial charge in [0.05, 0.1) is 12.2 Å². The number of para-hydroxylation sites is 2. The van der Waals surface area contributed by atoms with Gasteiger partial charge in [-0.15, -0.1) is 0 Å². The molecule has 3 aliphatic rings. The van der Waals surface area contributed by atoms with Crippen molar-refractivity contribution in [2.45, 2.75) is 32.1 Å². The van der Waals surface area contributed by atoms with E-state index >= 15 is 0 Å². The third kappa shape index (κ3) is 2.21. The molecular formula is C18H21NO3. The van der Waals surface area contributed by atoms with Gasteiger partial charge in [0.2, 0.25) is 5.91 Å². The van der Waals surface area contributed by atoms with Crippen LogP contribution in [0.1, 0.15) is 32.1 Å². The monoisotopic (exact) mass is 299 g/mol. The molecule has 0 aromatic heterocycles. The van der Waals surface area contributed by atoms with Gasteiger partial charge in [-0.2, -0.15) is 0 Å². The molecule has 0 radical (unpaired) electrons. The smallest absolute Gasteiger partial charge is 0.230 e. The molecule has 4 nitrogen and oxygen atoms in total. The van der Waals surface area contributed by atoms with Crippen molar-refractivity contribution in [3.63, 3.8) is 0 Å². The molecule has 2 saturated carbocycles. The molecule has 1 aromatic carbocycles. The Hall–Kier alpha value is -1.84. The van der Waals surface area contributed by atoms with E-state index in [0.29, 0.717) is 18.9 Å². The summed E-state index contributed by atoms with van der Waals surface area (Å²) in [5.41, 5.74) is 0.876. The van der Waals surface area contributed by atoms with Crippen molar-refractivity contribution in [3.05, 3.63) is 24.3 Å². The van der Waals surface area contributed by atoms with Gasteiger partial charge in [-0.3, -0.25) is 9.59 Å². The van der Waals surface area contributed by atoms with Crippen LogP contribution in [0, 0.1) is 17.8 Å². The fraction of sp³-hybridized carbons (Fsp3) is 0.556.